The summed E-state index contributed by atoms with van der Waals surface area (Å²) >= 11 is 0. The normalized spacial score (nSPS) is 21.4. The van der Waals surface area contributed by atoms with Gasteiger partial charge >= 0.3 is 12.3 Å². The lowest BCUT2D eigenvalue weighted by Crippen LogP contribution is -2.21. The molecule has 2 unspecified atom stereocenters. The van der Waals surface area contributed by atoms with Gasteiger partial charge in [-0.2, -0.15) is 0 Å². The van der Waals surface area contributed by atoms with Crippen LogP contribution in [0.4, 0.5) is 13.2 Å². The second-order valence-corrected chi connectivity index (χ2v) is 4.97. The Balaban J connectivity index is 2.21. The molecule has 0 fully saturated rings. The van der Waals surface area contributed by atoms with Gasteiger partial charge in [-0.3, -0.25) is 9.78 Å². The first-order chi connectivity index (χ1) is 10.3. The number of ether oxygens (including phenoxy) is 1. The van der Waals surface area contributed by atoms with Crippen LogP contribution in [0.1, 0.15) is 24.1 Å². The molecule has 1 aliphatic carbocycles. The standard InChI is InChI=1S/C15H14F3NO3/c1-9-12(3-2-4-13(9)22-15(16,17)18)10-5-6-19-11(7-10)8-14(20)21/h2-7,9,12H,8H2,1H3,(H,20,21). The van der Waals surface area contributed by atoms with E-state index in [1.54, 1.807) is 25.1 Å². The predicted octanol–water partition coefficient (Wildman–Crippen LogP) is 3.42. The Morgan fingerprint density at radius 1 is 1.45 bits per heavy atom. The summed E-state index contributed by atoms with van der Waals surface area (Å²) < 4.78 is 41.2. The number of hydrogen-bond donors (Lipinski definition) is 1. The van der Waals surface area contributed by atoms with Crippen molar-refractivity contribution in [1.82, 2.24) is 4.98 Å². The Hall–Kier alpha value is -2.31. The molecule has 0 amide bonds. The number of carboxylic acids is 1. The van der Waals surface area contributed by atoms with Gasteiger partial charge in [0.05, 0.1) is 12.1 Å². The molecule has 0 saturated heterocycles. The molecule has 0 bridgehead atoms. The first-order valence-corrected chi connectivity index (χ1v) is 6.57. The van der Waals surface area contributed by atoms with Crippen molar-refractivity contribution in [3.63, 3.8) is 0 Å². The molecular weight excluding hydrogens is 299 g/mol. The zero-order valence-corrected chi connectivity index (χ0v) is 11.7. The van der Waals surface area contributed by atoms with Gasteiger partial charge in [0.25, 0.3) is 0 Å². The zero-order valence-electron chi connectivity index (χ0n) is 11.7. The van der Waals surface area contributed by atoms with Crippen LogP contribution in [-0.2, 0) is 16.0 Å². The van der Waals surface area contributed by atoms with Crippen LogP contribution in [-0.4, -0.2) is 22.4 Å². The Bertz CT molecular complexity index is 623. The molecule has 0 spiro atoms. The van der Waals surface area contributed by atoms with Gasteiger partial charge in [0.1, 0.15) is 5.76 Å². The fourth-order valence-electron chi connectivity index (χ4n) is 2.38. The van der Waals surface area contributed by atoms with Crippen molar-refractivity contribution in [3.05, 3.63) is 53.6 Å². The van der Waals surface area contributed by atoms with Crippen LogP contribution < -0.4 is 0 Å². The number of halogens is 3. The highest BCUT2D eigenvalue weighted by molar-refractivity contribution is 5.69. The van der Waals surface area contributed by atoms with Crippen LogP contribution in [0.25, 0.3) is 0 Å². The Morgan fingerprint density at radius 3 is 2.82 bits per heavy atom. The second kappa shape index (κ2) is 6.21. The van der Waals surface area contributed by atoms with E-state index >= 15 is 0 Å². The number of aromatic nitrogens is 1. The van der Waals surface area contributed by atoms with Crippen molar-refractivity contribution in [2.24, 2.45) is 5.92 Å². The third kappa shape index (κ3) is 4.09. The number of nitrogens with zero attached hydrogens (tertiary/aromatic N) is 1. The summed E-state index contributed by atoms with van der Waals surface area (Å²) in [5, 5.41) is 8.78. The van der Waals surface area contributed by atoms with E-state index in [-0.39, 0.29) is 18.1 Å². The Morgan fingerprint density at radius 2 is 2.18 bits per heavy atom. The molecule has 1 aromatic rings. The van der Waals surface area contributed by atoms with E-state index in [2.05, 4.69) is 9.72 Å². The van der Waals surface area contributed by atoms with Crippen LogP contribution in [0.15, 0.2) is 42.3 Å². The summed E-state index contributed by atoms with van der Waals surface area (Å²) in [5.74, 6) is -2.04. The summed E-state index contributed by atoms with van der Waals surface area (Å²) in [6.45, 7) is 1.63. The van der Waals surface area contributed by atoms with Crippen molar-refractivity contribution in [1.29, 1.82) is 0 Å². The third-order valence-electron chi connectivity index (χ3n) is 3.36. The molecule has 1 heterocycles. The summed E-state index contributed by atoms with van der Waals surface area (Å²) in [7, 11) is 0. The van der Waals surface area contributed by atoms with Crippen LogP contribution >= 0.6 is 0 Å². The highest BCUT2D eigenvalue weighted by Crippen LogP contribution is 2.37. The highest BCUT2D eigenvalue weighted by Gasteiger charge is 2.36. The maximum atomic E-state index is 12.4. The highest BCUT2D eigenvalue weighted by atomic mass is 19.4. The number of pyridine rings is 1. The zero-order chi connectivity index (χ0) is 16.3. The molecule has 2 atom stereocenters. The van der Waals surface area contributed by atoms with Crippen LogP contribution in [0.2, 0.25) is 0 Å². The van der Waals surface area contributed by atoms with E-state index in [1.807, 2.05) is 0 Å². The predicted molar refractivity (Wildman–Crippen MR) is 71.8 cm³/mol. The molecule has 0 radical (unpaired) electrons. The summed E-state index contributed by atoms with van der Waals surface area (Å²) in [6, 6.07) is 3.25. The lowest BCUT2D eigenvalue weighted by Gasteiger charge is -2.27. The van der Waals surface area contributed by atoms with E-state index in [0.717, 1.165) is 0 Å². The minimum Gasteiger partial charge on any atom is -0.481 e. The number of rotatable bonds is 4. The van der Waals surface area contributed by atoms with Gasteiger partial charge < -0.3 is 9.84 Å². The minimum atomic E-state index is -4.73. The summed E-state index contributed by atoms with van der Waals surface area (Å²) in [5.41, 5.74) is 1.06. The van der Waals surface area contributed by atoms with Gasteiger partial charge in [-0.15, -0.1) is 13.2 Å². The van der Waals surface area contributed by atoms with Gasteiger partial charge in [-0.1, -0.05) is 19.1 Å². The fraction of sp³-hybridized carbons (Fsp3) is 0.333. The lowest BCUT2D eigenvalue weighted by molar-refractivity contribution is -0.308. The first kappa shape index (κ1) is 16.1. The number of alkyl halides is 3. The van der Waals surface area contributed by atoms with Gasteiger partial charge in [0, 0.05) is 18.0 Å². The second-order valence-electron chi connectivity index (χ2n) is 4.97. The molecule has 0 aliphatic heterocycles. The molecule has 4 nitrogen and oxygen atoms in total. The monoisotopic (exact) mass is 313 g/mol. The summed E-state index contributed by atoms with van der Waals surface area (Å²) in [4.78, 5) is 14.7. The molecule has 118 valence electrons. The van der Waals surface area contributed by atoms with Gasteiger partial charge in [0.2, 0.25) is 0 Å². The number of aliphatic carboxylic acids is 1. The smallest absolute Gasteiger partial charge is 0.481 e. The van der Waals surface area contributed by atoms with E-state index in [4.69, 9.17) is 5.11 Å². The quantitative estimate of drug-likeness (QED) is 0.925. The molecule has 22 heavy (non-hydrogen) atoms. The topological polar surface area (TPSA) is 59.4 Å². The van der Waals surface area contributed by atoms with Crippen molar-refractivity contribution in [2.75, 3.05) is 0 Å². The van der Waals surface area contributed by atoms with Crippen molar-refractivity contribution < 1.29 is 27.8 Å². The maximum Gasteiger partial charge on any atom is 0.572 e. The minimum absolute atomic E-state index is 0.170. The number of carbonyl (C=O) groups is 1. The third-order valence-corrected chi connectivity index (χ3v) is 3.36. The van der Waals surface area contributed by atoms with E-state index < -0.39 is 18.2 Å². The van der Waals surface area contributed by atoms with Crippen LogP contribution in [0.5, 0.6) is 0 Å². The lowest BCUT2D eigenvalue weighted by atomic mass is 9.83. The van der Waals surface area contributed by atoms with Crippen molar-refractivity contribution in [2.45, 2.75) is 25.6 Å². The van der Waals surface area contributed by atoms with Crippen LogP contribution in [0, 0.1) is 5.92 Å². The van der Waals surface area contributed by atoms with E-state index in [9.17, 15) is 18.0 Å². The Labute approximate surface area is 124 Å². The van der Waals surface area contributed by atoms with Crippen molar-refractivity contribution in [3.8, 4) is 0 Å². The molecular formula is C15H14F3NO3. The van der Waals surface area contributed by atoms with Crippen LogP contribution in [0.3, 0.4) is 0 Å². The molecule has 7 heteroatoms. The largest absolute Gasteiger partial charge is 0.572 e. The van der Waals surface area contributed by atoms with Gasteiger partial charge in [-0.05, 0) is 23.8 Å². The fourth-order valence-corrected chi connectivity index (χ4v) is 2.38. The van der Waals surface area contributed by atoms with Crippen molar-refractivity contribution >= 4 is 5.97 Å². The molecule has 1 aliphatic rings. The van der Waals surface area contributed by atoms with Gasteiger partial charge in [-0.25, -0.2) is 0 Å². The molecule has 0 saturated carbocycles. The van der Waals surface area contributed by atoms with E-state index in [1.165, 1.54) is 18.3 Å². The molecule has 0 aromatic carbocycles. The number of hydrogen-bond acceptors (Lipinski definition) is 3. The number of allylic oxidation sites excluding steroid dienone is 4. The van der Waals surface area contributed by atoms with E-state index in [0.29, 0.717) is 11.3 Å². The number of carboxylic acid groups (broad SMARTS) is 1. The summed E-state index contributed by atoms with van der Waals surface area (Å²) in [6.07, 6.45) is 1.03. The molecule has 1 aromatic heterocycles. The molecule has 2 rings (SSSR count). The average molecular weight is 313 g/mol. The average Bonchev–Trinajstić information content (AvgIpc) is 2.39. The first-order valence-electron chi connectivity index (χ1n) is 6.57. The SMILES string of the molecule is CC1C(OC(F)(F)F)=CC=CC1c1ccnc(CC(=O)O)c1. The van der Waals surface area contributed by atoms with Gasteiger partial charge in [0.15, 0.2) is 0 Å². The maximum absolute atomic E-state index is 12.4. The Kier molecular flexibility index (Phi) is 4.54. The molecule has 1 N–H and O–H groups in total.